The van der Waals surface area contributed by atoms with Crippen molar-refractivity contribution in [2.75, 3.05) is 17.7 Å². The molecule has 1 heterocycles. The molecule has 0 atom stereocenters. The molecule has 1 aromatic heterocycles. The molecule has 0 saturated heterocycles. The number of aromatic amines is 1. The van der Waals surface area contributed by atoms with Gasteiger partial charge in [0, 0.05) is 33.9 Å². The van der Waals surface area contributed by atoms with Crippen molar-refractivity contribution in [1.82, 2.24) is 4.98 Å². The third-order valence-electron chi connectivity index (χ3n) is 4.32. The number of methoxy groups -OCH3 is 1. The second-order valence-electron chi connectivity index (χ2n) is 6.13. The topological polar surface area (TPSA) is 66.2 Å². The molecule has 3 aromatic carbocycles. The molecule has 0 bridgehead atoms. The Morgan fingerprint density at radius 3 is 2.56 bits per heavy atom. The van der Waals surface area contributed by atoms with Crippen molar-refractivity contribution in [3.8, 4) is 17.0 Å². The van der Waals surface area contributed by atoms with Crippen molar-refractivity contribution in [3.63, 3.8) is 0 Å². The molecule has 0 spiro atoms. The predicted molar refractivity (Wildman–Crippen MR) is 109 cm³/mol. The number of aromatic nitrogens is 1. The van der Waals surface area contributed by atoms with Crippen molar-refractivity contribution in [1.29, 1.82) is 0 Å². The molecule has 2 amide bonds. The lowest BCUT2D eigenvalue weighted by Crippen LogP contribution is -2.19. The third-order valence-corrected chi connectivity index (χ3v) is 4.32. The van der Waals surface area contributed by atoms with Crippen LogP contribution in [0.25, 0.3) is 22.2 Å². The number of hydrogen-bond acceptors (Lipinski definition) is 2. The number of benzene rings is 3. The summed E-state index contributed by atoms with van der Waals surface area (Å²) < 4.78 is 5.18. The highest BCUT2D eigenvalue weighted by molar-refractivity contribution is 6.02. The summed E-state index contributed by atoms with van der Waals surface area (Å²) in [7, 11) is 1.59. The predicted octanol–water partition coefficient (Wildman–Crippen LogP) is 5.49. The quantitative estimate of drug-likeness (QED) is 0.452. The van der Waals surface area contributed by atoms with Crippen LogP contribution in [0.2, 0.25) is 0 Å². The van der Waals surface area contributed by atoms with Crippen LogP contribution in [0.1, 0.15) is 0 Å². The molecule has 3 N–H and O–H groups in total. The summed E-state index contributed by atoms with van der Waals surface area (Å²) in [6.07, 6.45) is 0. The molecule has 0 radical (unpaired) electrons. The molecule has 0 aliphatic carbocycles. The Bertz CT molecular complexity index is 1070. The minimum Gasteiger partial charge on any atom is -0.497 e. The van der Waals surface area contributed by atoms with Gasteiger partial charge in [0.15, 0.2) is 0 Å². The van der Waals surface area contributed by atoms with Gasteiger partial charge in [0.25, 0.3) is 0 Å². The van der Waals surface area contributed by atoms with Crippen LogP contribution in [-0.2, 0) is 0 Å². The molecule has 0 saturated carbocycles. The van der Waals surface area contributed by atoms with Crippen LogP contribution in [0.3, 0.4) is 0 Å². The first-order chi connectivity index (χ1) is 13.2. The normalized spacial score (nSPS) is 10.6. The Morgan fingerprint density at radius 1 is 0.889 bits per heavy atom. The van der Waals surface area contributed by atoms with Crippen LogP contribution in [0.4, 0.5) is 16.2 Å². The first-order valence-electron chi connectivity index (χ1n) is 8.62. The van der Waals surface area contributed by atoms with Gasteiger partial charge in [-0.1, -0.05) is 42.5 Å². The lowest BCUT2D eigenvalue weighted by atomic mass is 10.1. The standard InChI is InChI=1S/C22H19N3O2/c1-27-17-9-6-8-16(14-17)23-22(26)25-20-12-5-3-10-18(20)21-13-15-7-2-4-11-19(15)24-21/h2-14,24H,1H3,(H2,23,25,26). The fourth-order valence-corrected chi connectivity index (χ4v) is 3.03. The van der Waals surface area contributed by atoms with Crippen molar-refractivity contribution in [2.45, 2.75) is 0 Å². The highest BCUT2D eigenvalue weighted by Gasteiger charge is 2.11. The molecule has 5 heteroatoms. The van der Waals surface area contributed by atoms with E-state index < -0.39 is 0 Å². The van der Waals surface area contributed by atoms with E-state index in [1.165, 1.54) is 0 Å². The van der Waals surface area contributed by atoms with E-state index in [1.807, 2.05) is 60.7 Å². The summed E-state index contributed by atoms with van der Waals surface area (Å²) in [5.41, 5.74) is 4.32. The zero-order valence-electron chi connectivity index (χ0n) is 14.8. The minimum atomic E-state index is -0.313. The summed E-state index contributed by atoms with van der Waals surface area (Å²) in [5, 5.41) is 6.89. The van der Waals surface area contributed by atoms with Gasteiger partial charge in [-0.15, -0.1) is 0 Å². The molecule has 4 rings (SSSR count). The monoisotopic (exact) mass is 357 g/mol. The van der Waals surface area contributed by atoms with Gasteiger partial charge in [-0.3, -0.25) is 0 Å². The van der Waals surface area contributed by atoms with Gasteiger partial charge in [-0.05, 0) is 30.3 Å². The van der Waals surface area contributed by atoms with E-state index in [1.54, 1.807) is 13.2 Å². The van der Waals surface area contributed by atoms with Gasteiger partial charge in [0.1, 0.15) is 5.75 Å². The average molecular weight is 357 g/mol. The van der Waals surface area contributed by atoms with Gasteiger partial charge in [0.05, 0.1) is 12.8 Å². The van der Waals surface area contributed by atoms with Gasteiger partial charge < -0.3 is 20.4 Å². The molecule has 0 aliphatic heterocycles. The van der Waals surface area contributed by atoms with Crippen LogP contribution in [-0.4, -0.2) is 18.1 Å². The number of para-hydroxylation sites is 2. The lowest BCUT2D eigenvalue weighted by molar-refractivity contribution is 0.262. The van der Waals surface area contributed by atoms with Crippen molar-refractivity contribution >= 4 is 28.3 Å². The summed E-state index contributed by atoms with van der Waals surface area (Å²) in [6.45, 7) is 0. The van der Waals surface area contributed by atoms with E-state index in [-0.39, 0.29) is 6.03 Å². The Kier molecular flexibility index (Phi) is 4.49. The molecule has 134 valence electrons. The first-order valence-corrected chi connectivity index (χ1v) is 8.62. The molecule has 4 aromatic rings. The number of amides is 2. The second-order valence-corrected chi connectivity index (χ2v) is 6.13. The number of fused-ring (bicyclic) bond motifs is 1. The van der Waals surface area contributed by atoms with Crippen LogP contribution in [0.5, 0.6) is 5.75 Å². The highest BCUT2D eigenvalue weighted by Crippen LogP contribution is 2.30. The largest absolute Gasteiger partial charge is 0.497 e. The number of urea groups is 1. The van der Waals surface area contributed by atoms with E-state index in [2.05, 4.69) is 27.8 Å². The minimum absolute atomic E-state index is 0.313. The maximum atomic E-state index is 12.5. The molecule has 0 aliphatic rings. The van der Waals surface area contributed by atoms with Crippen LogP contribution in [0.15, 0.2) is 78.9 Å². The Hall–Kier alpha value is -3.73. The zero-order chi connectivity index (χ0) is 18.6. The number of anilines is 2. The molecular weight excluding hydrogens is 338 g/mol. The van der Waals surface area contributed by atoms with E-state index >= 15 is 0 Å². The fraction of sp³-hybridized carbons (Fsp3) is 0.0455. The highest BCUT2D eigenvalue weighted by atomic mass is 16.5. The number of ether oxygens (including phenoxy) is 1. The molecular formula is C22H19N3O2. The van der Waals surface area contributed by atoms with Gasteiger partial charge in [-0.25, -0.2) is 4.79 Å². The van der Waals surface area contributed by atoms with Gasteiger partial charge >= 0.3 is 6.03 Å². The molecule has 0 fully saturated rings. The number of carbonyl (C=O) groups excluding carboxylic acids is 1. The number of rotatable bonds is 4. The molecule has 5 nitrogen and oxygen atoms in total. The van der Waals surface area contributed by atoms with Crippen molar-refractivity contribution in [3.05, 3.63) is 78.9 Å². The first kappa shape index (κ1) is 16.7. The average Bonchev–Trinajstić information content (AvgIpc) is 3.12. The van der Waals surface area contributed by atoms with Crippen LogP contribution in [0, 0.1) is 0 Å². The van der Waals surface area contributed by atoms with Crippen LogP contribution >= 0.6 is 0 Å². The Balaban J connectivity index is 1.58. The molecule has 0 unspecified atom stereocenters. The second kappa shape index (κ2) is 7.25. The van der Waals surface area contributed by atoms with E-state index in [4.69, 9.17) is 4.74 Å². The summed E-state index contributed by atoms with van der Waals surface area (Å²) in [4.78, 5) is 15.9. The maximum absolute atomic E-state index is 12.5. The SMILES string of the molecule is COc1cccc(NC(=O)Nc2ccccc2-c2cc3ccccc3[nH]2)c1. The maximum Gasteiger partial charge on any atom is 0.323 e. The summed E-state index contributed by atoms with van der Waals surface area (Å²) in [5.74, 6) is 0.686. The summed E-state index contributed by atoms with van der Waals surface area (Å²) >= 11 is 0. The Morgan fingerprint density at radius 2 is 1.70 bits per heavy atom. The van der Waals surface area contributed by atoms with Crippen molar-refractivity contribution < 1.29 is 9.53 Å². The molecule has 27 heavy (non-hydrogen) atoms. The fourth-order valence-electron chi connectivity index (χ4n) is 3.03. The van der Waals surface area contributed by atoms with Crippen molar-refractivity contribution in [2.24, 2.45) is 0 Å². The van der Waals surface area contributed by atoms with Gasteiger partial charge in [-0.2, -0.15) is 0 Å². The number of H-pyrrole nitrogens is 1. The smallest absolute Gasteiger partial charge is 0.323 e. The zero-order valence-corrected chi connectivity index (χ0v) is 14.8. The van der Waals surface area contributed by atoms with E-state index in [0.29, 0.717) is 11.4 Å². The number of carbonyl (C=O) groups is 1. The van der Waals surface area contributed by atoms with E-state index in [9.17, 15) is 4.79 Å². The number of hydrogen-bond donors (Lipinski definition) is 3. The lowest BCUT2D eigenvalue weighted by Gasteiger charge is -2.12. The number of nitrogens with one attached hydrogen (secondary N) is 3. The Labute approximate surface area is 157 Å². The summed E-state index contributed by atoms with van der Waals surface area (Å²) in [6, 6.07) is 24.8. The van der Waals surface area contributed by atoms with Gasteiger partial charge in [0.2, 0.25) is 0 Å². The van der Waals surface area contributed by atoms with Crippen LogP contribution < -0.4 is 15.4 Å². The van der Waals surface area contributed by atoms with E-state index in [0.717, 1.165) is 27.8 Å². The third kappa shape index (κ3) is 3.62.